The lowest BCUT2D eigenvalue weighted by molar-refractivity contribution is -0.133. The van der Waals surface area contributed by atoms with Crippen LogP contribution in [0.1, 0.15) is 78.1 Å². The highest BCUT2D eigenvalue weighted by molar-refractivity contribution is 6.04. The molecule has 1 aliphatic rings. The summed E-state index contributed by atoms with van der Waals surface area (Å²) in [6.45, 7) is 4.22. The van der Waals surface area contributed by atoms with Gasteiger partial charge in [0.2, 0.25) is 0 Å². The quantitative estimate of drug-likeness (QED) is 0.452. The Labute approximate surface area is 112 Å². The first kappa shape index (κ1) is 15.4. The van der Waals surface area contributed by atoms with Crippen LogP contribution in [0.15, 0.2) is 0 Å². The predicted molar refractivity (Wildman–Crippen MR) is 74.5 cm³/mol. The van der Waals surface area contributed by atoms with Crippen molar-refractivity contribution < 1.29 is 9.59 Å². The summed E-state index contributed by atoms with van der Waals surface area (Å²) < 4.78 is 0. The number of rotatable bonds is 9. The predicted octanol–water partition coefficient (Wildman–Crippen LogP) is 4.31. The van der Waals surface area contributed by atoms with Gasteiger partial charge in [-0.05, 0) is 19.3 Å². The van der Waals surface area contributed by atoms with Gasteiger partial charge in [0.05, 0.1) is 5.92 Å². The molecule has 0 aliphatic heterocycles. The summed E-state index contributed by atoms with van der Waals surface area (Å²) in [6, 6.07) is 0. The lowest BCUT2D eigenvalue weighted by Crippen LogP contribution is -2.24. The summed E-state index contributed by atoms with van der Waals surface area (Å²) in [4.78, 5) is 23.6. The molecule has 2 atom stereocenters. The first-order valence-electron chi connectivity index (χ1n) is 7.73. The molecule has 0 aromatic carbocycles. The Morgan fingerprint density at radius 2 is 1.89 bits per heavy atom. The molecule has 0 aromatic rings. The van der Waals surface area contributed by atoms with Crippen LogP contribution in [-0.2, 0) is 9.59 Å². The average Bonchev–Trinajstić information content (AvgIpc) is 2.78. The lowest BCUT2D eigenvalue weighted by atomic mass is 9.88. The van der Waals surface area contributed by atoms with Crippen LogP contribution >= 0.6 is 0 Å². The fourth-order valence-corrected chi connectivity index (χ4v) is 2.83. The molecule has 0 spiro atoms. The Bertz CT molecular complexity index is 270. The van der Waals surface area contributed by atoms with Gasteiger partial charge < -0.3 is 0 Å². The first-order valence-corrected chi connectivity index (χ1v) is 7.73. The van der Waals surface area contributed by atoms with Crippen molar-refractivity contribution in [2.45, 2.75) is 78.1 Å². The molecule has 2 heteroatoms. The van der Waals surface area contributed by atoms with Gasteiger partial charge in [-0.15, -0.1) is 0 Å². The Kier molecular flexibility index (Phi) is 7.22. The maximum Gasteiger partial charge on any atom is 0.146 e. The zero-order chi connectivity index (χ0) is 13.4. The van der Waals surface area contributed by atoms with E-state index in [4.69, 9.17) is 0 Å². The van der Waals surface area contributed by atoms with Gasteiger partial charge in [-0.2, -0.15) is 0 Å². The van der Waals surface area contributed by atoms with Crippen LogP contribution in [0.2, 0.25) is 0 Å². The van der Waals surface area contributed by atoms with E-state index in [1.54, 1.807) is 0 Å². The number of hydrogen-bond acceptors (Lipinski definition) is 2. The highest BCUT2D eigenvalue weighted by Gasteiger charge is 2.32. The number of Topliss-reactive ketones (excluding diaryl/α,β-unsaturated/α-hetero) is 2. The van der Waals surface area contributed by atoms with Gasteiger partial charge in [-0.3, -0.25) is 9.59 Å². The summed E-state index contributed by atoms with van der Waals surface area (Å²) in [5.41, 5.74) is 0. The van der Waals surface area contributed by atoms with Crippen molar-refractivity contribution in [3.8, 4) is 0 Å². The standard InChI is InChI=1S/C16H28O2/c1-3-4-5-6-7-8-10-13(2)16(18)14-11-9-12-15(14)17/h13-14H,3-12H2,1-2H3. The van der Waals surface area contributed by atoms with Crippen molar-refractivity contribution in [1.29, 1.82) is 0 Å². The zero-order valence-electron chi connectivity index (χ0n) is 12.0. The highest BCUT2D eigenvalue weighted by Crippen LogP contribution is 2.26. The van der Waals surface area contributed by atoms with E-state index in [0.717, 1.165) is 25.7 Å². The second-order valence-corrected chi connectivity index (χ2v) is 5.77. The number of hydrogen-bond donors (Lipinski definition) is 0. The average molecular weight is 252 g/mol. The Balaban J connectivity index is 2.14. The molecule has 2 unspecified atom stereocenters. The van der Waals surface area contributed by atoms with E-state index < -0.39 is 0 Å². The molecular formula is C16H28O2. The number of carbonyl (C=O) groups is 2. The summed E-state index contributed by atoms with van der Waals surface area (Å²) in [5, 5.41) is 0. The molecule has 1 saturated carbocycles. The van der Waals surface area contributed by atoms with Gasteiger partial charge in [-0.1, -0.05) is 52.4 Å². The van der Waals surface area contributed by atoms with Gasteiger partial charge in [0.1, 0.15) is 11.6 Å². The fourth-order valence-electron chi connectivity index (χ4n) is 2.83. The smallest absolute Gasteiger partial charge is 0.146 e. The monoisotopic (exact) mass is 252 g/mol. The number of ketones is 2. The number of unbranched alkanes of at least 4 members (excludes halogenated alkanes) is 5. The van der Waals surface area contributed by atoms with Crippen molar-refractivity contribution in [3.05, 3.63) is 0 Å². The molecule has 0 amide bonds. The van der Waals surface area contributed by atoms with Gasteiger partial charge in [0.25, 0.3) is 0 Å². The van der Waals surface area contributed by atoms with E-state index >= 15 is 0 Å². The molecule has 1 rings (SSSR count). The van der Waals surface area contributed by atoms with E-state index in [2.05, 4.69) is 6.92 Å². The third-order valence-corrected chi connectivity index (χ3v) is 4.12. The molecular weight excluding hydrogens is 224 g/mol. The topological polar surface area (TPSA) is 34.1 Å². The molecule has 0 bridgehead atoms. The first-order chi connectivity index (χ1) is 8.66. The molecule has 0 aromatic heterocycles. The maximum atomic E-state index is 12.1. The van der Waals surface area contributed by atoms with E-state index in [1.165, 1.54) is 32.1 Å². The maximum absolute atomic E-state index is 12.1. The molecule has 1 aliphatic carbocycles. The summed E-state index contributed by atoms with van der Waals surface area (Å²) in [7, 11) is 0. The largest absolute Gasteiger partial charge is 0.299 e. The minimum absolute atomic E-state index is 0.0863. The van der Waals surface area contributed by atoms with Crippen LogP contribution in [0, 0.1) is 11.8 Å². The zero-order valence-corrected chi connectivity index (χ0v) is 12.0. The van der Waals surface area contributed by atoms with Crippen LogP contribution in [0.4, 0.5) is 0 Å². The van der Waals surface area contributed by atoms with E-state index in [0.29, 0.717) is 6.42 Å². The summed E-state index contributed by atoms with van der Waals surface area (Å²) in [5.74, 6) is 0.240. The third-order valence-electron chi connectivity index (χ3n) is 4.12. The Hall–Kier alpha value is -0.660. The van der Waals surface area contributed by atoms with Crippen molar-refractivity contribution in [3.63, 3.8) is 0 Å². The summed E-state index contributed by atoms with van der Waals surface area (Å²) in [6.07, 6.45) is 10.9. The minimum Gasteiger partial charge on any atom is -0.299 e. The molecule has 0 heterocycles. The van der Waals surface area contributed by atoms with Gasteiger partial charge in [0.15, 0.2) is 0 Å². The van der Waals surface area contributed by atoms with E-state index in [9.17, 15) is 9.59 Å². The fraction of sp³-hybridized carbons (Fsp3) is 0.875. The lowest BCUT2D eigenvalue weighted by Gasteiger charge is -2.14. The Morgan fingerprint density at radius 1 is 1.22 bits per heavy atom. The van der Waals surface area contributed by atoms with Crippen molar-refractivity contribution in [2.24, 2.45) is 11.8 Å². The Morgan fingerprint density at radius 3 is 2.50 bits per heavy atom. The molecule has 18 heavy (non-hydrogen) atoms. The van der Waals surface area contributed by atoms with Gasteiger partial charge >= 0.3 is 0 Å². The van der Waals surface area contributed by atoms with Crippen LogP contribution in [0.25, 0.3) is 0 Å². The van der Waals surface area contributed by atoms with Crippen molar-refractivity contribution in [1.82, 2.24) is 0 Å². The second-order valence-electron chi connectivity index (χ2n) is 5.77. The van der Waals surface area contributed by atoms with Crippen LogP contribution in [-0.4, -0.2) is 11.6 Å². The van der Waals surface area contributed by atoms with E-state index in [1.807, 2.05) is 6.92 Å². The molecule has 0 N–H and O–H groups in total. The summed E-state index contributed by atoms with van der Waals surface area (Å²) >= 11 is 0. The number of carbonyl (C=O) groups excluding carboxylic acids is 2. The van der Waals surface area contributed by atoms with Gasteiger partial charge in [-0.25, -0.2) is 0 Å². The van der Waals surface area contributed by atoms with Crippen LogP contribution < -0.4 is 0 Å². The van der Waals surface area contributed by atoms with Crippen LogP contribution in [0.3, 0.4) is 0 Å². The van der Waals surface area contributed by atoms with Crippen molar-refractivity contribution >= 4 is 11.6 Å². The van der Waals surface area contributed by atoms with Crippen molar-refractivity contribution in [2.75, 3.05) is 0 Å². The molecule has 0 saturated heterocycles. The highest BCUT2D eigenvalue weighted by atomic mass is 16.2. The molecule has 104 valence electrons. The normalized spacial score (nSPS) is 21.2. The third kappa shape index (κ3) is 4.91. The molecule has 2 nitrogen and oxygen atoms in total. The van der Waals surface area contributed by atoms with E-state index in [-0.39, 0.29) is 23.4 Å². The van der Waals surface area contributed by atoms with Gasteiger partial charge in [0, 0.05) is 12.3 Å². The minimum atomic E-state index is -0.250. The van der Waals surface area contributed by atoms with Crippen LogP contribution in [0.5, 0.6) is 0 Å². The second kappa shape index (κ2) is 8.44. The molecule has 1 fully saturated rings. The SMILES string of the molecule is CCCCCCCCC(C)C(=O)C1CCCC1=O. The molecule has 0 radical (unpaired) electrons.